The summed E-state index contributed by atoms with van der Waals surface area (Å²) in [6.07, 6.45) is 1.20. The second-order valence-electron chi connectivity index (χ2n) is 1.16. The Hall–Kier alpha value is -0.900. The van der Waals surface area contributed by atoms with Crippen molar-refractivity contribution >= 4 is 12.1 Å². The van der Waals surface area contributed by atoms with Crippen molar-refractivity contribution in [1.29, 1.82) is 0 Å². The van der Waals surface area contributed by atoms with Gasteiger partial charge in [-0.3, -0.25) is 4.79 Å². The van der Waals surface area contributed by atoms with Crippen molar-refractivity contribution in [3.8, 4) is 0 Å². The van der Waals surface area contributed by atoms with E-state index in [9.17, 15) is 4.79 Å². The molecule has 0 aliphatic heterocycles. The third-order valence-corrected chi connectivity index (χ3v) is 0.395. The molecule has 4 heteroatoms. The van der Waals surface area contributed by atoms with Gasteiger partial charge in [0.25, 0.3) is 0 Å². The van der Waals surface area contributed by atoms with E-state index in [0.717, 1.165) is 0 Å². The molecule has 0 spiro atoms. The van der Waals surface area contributed by atoms with E-state index >= 15 is 0 Å². The van der Waals surface area contributed by atoms with Crippen molar-refractivity contribution in [2.45, 2.75) is 6.92 Å². The molecule has 46 valence electrons. The number of carbonyl (C=O) groups is 1. The number of hydrogen-bond donors (Lipinski definition) is 2. The van der Waals surface area contributed by atoms with Gasteiger partial charge in [0.05, 0.1) is 12.8 Å². The summed E-state index contributed by atoms with van der Waals surface area (Å²) in [6.45, 7) is 1.19. The molecule has 0 aliphatic rings. The summed E-state index contributed by atoms with van der Waals surface area (Å²) in [5, 5.41) is 11.4. The van der Waals surface area contributed by atoms with Crippen LogP contribution in [0.2, 0.25) is 0 Å². The summed E-state index contributed by atoms with van der Waals surface area (Å²) in [6, 6.07) is 0. The van der Waals surface area contributed by atoms with Crippen LogP contribution in [-0.4, -0.2) is 23.8 Å². The molecule has 0 saturated heterocycles. The largest absolute Gasteiger partial charge is 0.391 e. The van der Waals surface area contributed by atoms with Gasteiger partial charge in [0, 0.05) is 6.92 Å². The van der Waals surface area contributed by atoms with Crippen molar-refractivity contribution in [1.82, 2.24) is 5.43 Å². The third-order valence-electron chi connectivity index (χ3n) is 0.395. The zero-order valence-electron chi connectivity index (χ0n) is 4.59. The number of hydrogen-bond acceptors (Lipinski definition) is 3. The molecule has 0 aliphatic carbocycles. The van der Waals surface area contributed by atoms with Crippen molar-refractivity contribution in [3.05, 3.63) is 0 Å². The highest BCUT2D eigenvalue weighted by Gasteiger charge is 1.79. The summed E-state index contributed by atoms with van der Waals surface area (Å²) in [4.78, 5) is 10.0. The van der Waals surface area contributed by atoms with Crippen molar-refractivity contribution in [2.24, 2.45) is 5.10 Å². The summed E-state index contributed by atoms with van der Waals surface area (Å²) >= 11 is 0. The molecule has 2 N–H and O–H groups in total. The van der Waals surface area contributed by atoms with Gasteiger partial charge < -0.3 is 5.11 Å². The molecule has 0 radical (unpaired) electrons. The molecule has 0 fully saturated rings. The van der Waals surface area contributed by atoms with Crippen LogP contribution in [0.1, 0.15) is 6.92 Å². The number of hydrazone groups is 1. The Morgan fingerprint density at radius 3 is 3.00 bits per heavy atom. The number of amides is 1. The molecule has 1 amide bonds. The van der Waals surface area contributed by atoms with E-state index in [2.05, 4.69) is 10.5 Å². The molecule has 0 rings (SSSR count). The molecule has 0 aromatic heterocycles. The average molecular weight is 116 g/mol. The fraction of sp³-hybridized carbons (Fsp3) is 0.500. The predicted octanol–water partition coefficient (Wildman–Crippen LogP) is -0.899. The van der Waals surface area contributed by atoms with Crippen LogP contribution in [0.5, 0.6) is 0 Å². The lowest BCUT2D eigenvalue weighted by molar-refractivity contribution is -0.118. The van der Waals surface area contributed by atoms with Crippen LogP contribution in [0, 0.1) is 0 Å². The highest BCUT2D eigenvalue weighted by atomic mass is 16.3. The fourth-order valence-corrected chi connectivity index (χ4v) is 0.177. The standard InChI is InChI=1S/C4H8N2O2/c1-4(8)6-5-2-3-7/h2,7H,3H2,1H3,(H,6,8)/b5-2-. The van der Waals surface area contributed by atoms with Crippen LogP contribution in [0.25, 0.3) is 0 Å². The normalized spacial score (nSPS) is 9.75. The zero-order valence-corrected chi connectivity index (χ0v) is 4.59. The van der Waals surface area contributed by atoms with Crippen LogP contribution in [-0.2, 0) is 4.79 Å². The van der Waals surface area contributed by atoms with Gasteiger partial charge in [-0.05, 0) is 0 Å². The molecule has 0 heterocycles. The lowest BCUT2D eigenvalue weighted by atomic mass is 10.8. The molecular formula is C4H8N2O2. The first-order chi connectivity index (χ1) is 3.77. The highest BCUT2D eigenvalue weighted by Crippen LogP contribution is 1.57. The lowest BCUT2D eigenvalue weighted by Gasteiger charge is -1.86. The minimum atomic E-state index is -0.241. The minimum absolute atomic E-state index is 0.152. The van der Waals surface area contributed by atoms with Gasteiger partial charge in [-0.15, -0.1) is 0 Å². The third kappa shape index (κ3) is 5.10. The van der Waals surface area contributed by atoms with Crippen LogP contribution < -0.4 is 5.43 Å². The minimum Gasteiger partial charge on any atom is -0.391 e. The van der Waals surface area contributed by atoms with Gasteiger partial charge in [-0.2, -0.15) is 5.10 Å². The van der Waals surface area contributed by atoms with E-state index in [0.29, 0.717) is 0 Å². The average Bonchev–Trinajstić information content (AvgIpc) is 1.66. The van der Waals surface area contributed by atoms with Crippen molar-refractivity contribution in [2.75, 3.05) is 6.61 Å². The molecule has 0 atom stereocenters. The molecule has 0 bridgehead atoms. The van der Waals surface area contributed by atoms with Gasteiger partial charge in [0.1, 0.15) is 0 Å². The summed E-state index contributed by atoms with van der Waals surface area (Å²) in [5.74, 6) is -0.241. The number of rotatable bonds is 2. The van der Waals surface area contributed by atoms with E-state index in [1.165, 1.54) is 13.1 Å². The van der Waals surface area contributed by atoms with Crippen LogP contribution in [0.3, 0.4) is 0 Å². The van der Waals surface area contributed by atoms with Gasteiger partial charge in [-0.25, -0.2) is 5.43 Å². The molecule has 8 heavy (non-hydrogen) atoms. The Morgan fingerprint density at radius 1 is 2.00 bits per heavy atom. The Balaban J connectivity index is 3.16. The first-order valence-corrected chi connectivity index (χ1v) is 2.16. The van der Waals surface area contributed by atoms with Gasteiger partial charge in [0.2, 0.25) is 5.91 Å². The second-order valence-corrected chi connectivity index (χ2v) is 1.16. The molecule has 4 nitrogen and oxygen atoms in total. The van der Waals surface area contributed by atoms with E-state index in [1.807, 2.05) is 0 Å². The van der Waals surface area contributed by atoms with Crippen LogP contribution in [0.4, 0.5) is 0 Å². The molecule has 0 aromatic rings. The zero-order chi connectivity index (χ0) is 6.41. The fourth-order valence-electron chi connectivity index (χ4n) is 0.177. The Bertz CT molecular complexity index is 100. The quantitative estimate of drug-likeness (QED) is 0.363. The van der Waals surface area contributed by atoms with E-state index in [-0.39, 0.29) is 12.5 Å². The Morgan fingerprint density at radius 2 is 2.62 bits per heavy atom. The summed E-state index contributed by atoms with van der Waals surface area (Å²) in [7, 11) is 0. The number of nitrogens with zero attached hydrogens (tertiary/aromatic N) is 1. The maximum Gasteiger partial charge on any atom is 0.236 e. The van der Waals surface area contributed by atoms with Crippen molar-refractivity contribution < 1.29 is 9.90 Å². The van der Waals surface area contributed by atoms with Crippen LogP contribution in [0.15, 0.2) is 5.10 Å². The number of aliphatic hydroxyl groups excluding tert-OH is 1. The van der Waals surface area contributed by atoms with Gasteiger partial charge in [-0.1, -0.05) is 0 Å². The first-order valence-electron chi connectivity index (χ1n) is 2.16. The summed E-state index contributed by atoms with van der Waals surface area (Å²) in [5.41, 5.74) is 2.12. The monoisotopic (exact) mass is 116 g/mol. The number of nitrogens with one attached hydrogen (secondary N) is 1. The highest BCUT2D eigenvalue weighted by molar-refractivity contribution is 5.73. The maximum atomic E-state index is 10.0. The maximum absolute atomic E-state index is 10.0. The predicted molar refractivity (Wildman–Crippen MR) is 29.4 cm³/mol. The molecule has 0 aromatic carbocycles. The number of carbonyl (C=O) groups excluding carboxylic acids is 1. The SMILES string of the molecule is CC(=O)N/N=C\CO. The Kier molecular flexibility index (Phi) is 3.78. The number of aliphatic hydroxyl groups is 1. The van der Waals surface area contributed by atoms with Gasteiger partial charge >= 0.3 is 0 Å². The topological polar surface area (TPSA) is 61.7 Å². The van der Waals surface area contributed by atoms with Crippen molar-refractivity contribution in [3.63, 3.8) is 0 Å². The molecule has 0 saturated carbocycles. The second kappa shape index (κ2) is 4.26. The Labute approximate surface area is 47.2 Å². The first kappa shape index (κ1) is 7.10. The lowest BCUT2D eigenvalue weighted by Crippen LogP contribution is -2.12. The van der Waals surface area contributed by atoms with Gasteiger partial charge in [0.15, 0.2) is 0 Å². The molecule has 0 unspecified atom stereocenters. The van der Waals surface area contributed by atoms with E-state index in [1.54, 1.807) is 0 Å². The molecular weight excluding hydrogens is 108 g/mol. The van der Waals surface area contributed by atoms with Crippen LogP contribution >= 0.6 is 0 Å². The van der Waals surface area contributed by atoms with E-state index < -0.39 is 0 Å². The smallest absolute Gasteiger partial charge is 0.236 e. The summed E-state index contributed by atoms with van der Waals surface area (Å²) < 4.78 is 0. The van der Waals surface area contributed by atoms with E-state index in [4.69, 9.17) is 5.11 Å².